The predicted molar refractivity (Wildman–Crippen MR) is 301 cm³/mol. The van der Waals surface area contributed by atoms with Crippen molar-refractivity contribution in [2.24, 2.45) is 23.7 Å². The third-order valence-corrected chi connectivity index (χ3v) is 16.7. The zero-order chi connectivity index (χ0) is 57.3. The number of esters is 2. The minimum atomic E-state index is -1.84. The molecule has 20 atom stereocenters. The number of aliphatic hydroxyl groups is 3. The molecule has 6 heterocycles. The van der Waals surface area contributed by atoms with E-state index in [1.807, 2.05) is 51.1 Å². The minimum Gasteiger partial charge on any atom is -0.482 e. The molecular formula is C60H89Cl2NO17. The van der Waals surface area contributed by atoms with E-state index in [1.54, 1.807) is 64.5 Å². The molecule has 0 saturated carbocycles. The average molecular weight is 1170 g/mol. The average Bonchev–Trinajstić information content (AvgIpc) is 3.76. The number of hydrogen-bond acceptors (Lipinski definition) is 18. The first-order valence-corrected chi connectivity index (χ1v) is 28.5. The first-order chi connectivity index (χ1) is 37.6. The monoisotopic (exact) mass is 1170 g/mol. The molecule has 1 spiro atoms. The number of fused-ring (bicyclic) bond motifs is 2. The fraction of sp³-hybridized carbons (Fsp3) is 0.700. The van der Waals surface area contributed by atoms with Gasteiger partial charge < -0.3 is 77.1 Å². The summed E-state index contributed by atoms with van der Waals surface area (Å²) in [6, 6.07) is 6.81. The molecule has 80 heavy (non-hydrogen) atoms. The van der Waals surface area contributed by atoms with Gasteiger partial charge in [0.05, 0.1) is 49.3 Å². The fourth-order valence-corrected chi connectivity index (χ4v) is 11.7. The van der Waals surface area contributed by atoms with Crippen LogP contribution in [0.5, 0.6) is 5.75 Å². The van der Waals surface area contributed by atoms with Crippen molar-refractivity contribution in [2.75, 3.05) is 54.7 Å². The molecule has 1 aromatic rings. The number of allylic oxidation sites excluding steroid dienone is 2. The van der Waals surface area contributed by atoms with Gasteiger partial charge in [-0.1, -0.05) is 82.2 Å². The van der Waals surface area contributed by atoms with Gasteiger partial charge >= 0.3 is 11.9 Å². The normalized spacial score (nSPS) is 38.6. The molecule has 18 nitrogen and oxygen atoms in total. The van der Waals surface area contributed by atoms with E-state index in [0.717, 1.165) is 12.0 Å². The molecule has 0 aromatic heterocycles. The molecule has 4 fully saturated rings. The molecule has 3 N–H and O–H groups in total. The lowest BCUT2D eigenvalue weighted by molar-refractivity contribution is -0.318. The lowest BCUT2D eigenvalue weighted by atomic mass is 9.71. The van der Waals surface area contributed by atoms with E-state index in [4.69, 9.17) is 68.4 Å². The summed E-state index contributed by atoms with van der Waals surface area (Å²) in [6.07, 6.45) is 8.55. The first-order valence-electron chi connectivity index (χ1n) is 28.1. The highest BCUT2D eigenvalue weighted by atomic mass is 35.5. The minimum absolute atomic E-state index is 0. The fourth-order valence-electron chi connectivity index (χ4n) is 11.6. The highest BCUT2D eigenvalue weighted by Crippen LogP contribution is 2.47. The number of carbonyl (C=O) groups is 2. The van der Waals surface area contributed by atoms with Gasteiger partial charge in [-0.05, 0) is 101 Å². The smallest absolute Gasteiger partial charge is 0.344 e. The number of likely N-dealkylation sites (N-methyl/N-ethyl adjacent to an activating group) is 1. The van der Waals surface area contributed by atoms with Crippen molar-refractivity contribution in [1.29, 1.82) is 0 Å². The van der Waals surface area contributed by atoms with E-state index in [0.29, 0.717) is 67.2 Å². The molecular weight excluding hydrogens is 1080 g/mol. The van der Waals surface area contributed by atoms with Crippen LogP contribution in [0, 0.1) is 23.7 Å². The summed E-state index contributed by atoms with van der Waals surface area (Å²) in [5, 5.41) is 34.9. The van der Waals surface area contributed by atoms with Gasteiger partial charge in [-0.2, -0.15) is 0 Å². The molecule has 4 saturated heterocycles. The van der Waals surface area contributed by atoms with E-state index in [1.165, 1.54) is 0 Å². The standard InChI is InChI=1S/C48H72O14.C12H16ClNO3.ClH/c1-11-25(2)43-28(5)17-18-47(62-43)23-34-20-33(61-47)16-15-27(4)42(26(3)13-12-14-32-24-55-45-40(49)29(6)19-35(46(51)58-34)48(32,45)52)59-39-22-37(54-10)44(31(8)57-39)60-38-21-36(53-9)41(50)30(7)56-38;1-14(2)7-8-16-12(15)9-17-11-5-3-10(13)4-6-11;/h12-15,17-19,25-26,28,30-31,33-45,49-50,52H,11,16,20-24H2,1-10H3;3-6H,7-9H2,1-2H3;1H. The van der Waals surface area contributed by atoms with E-state index in [9.17, 15) is 24.9 Å². The van der Waals surface area contributed by atoms with Crippen LogP contribution in [-0.4, -0.2) is 184 Å². The van der Waals surface area contributed by atoms with Crippen molar-refractivity contribution in [3.05, 3.63) is 88.5 Å². The number of halogens is 2. The molecule has 8 rings (SSSR count). The number of benzene rings is 1. The summed E-state index contributed by atoms with van der Waals surface area (Å²) < 4.78 is 73.9. The first kappa shape index (κ1) is 65.9. The van der Waals surface area contributed by atoms with Crippen LogP contribution in [0.3, 0.4) is 0 Å². The van der Waals surface area contributed by atoms with Gasteiger partial charge in [-0.3, -0.25) is 4.79 Å². The molecule has 450 valence electrons. The van der Waals surface area contributed by atoms with E-state index < -0.39 is 90.8 Å². The Balaban J connectivity index is 0.000000491. The van der Waals surface area contributed by atoms with Crippen LogP contribution in [-0.2, 0) is 61.7 Å². The SMILES string of the molecule is CCC(C)C1OC2(C=CC1C)CC1CC(CC=C(C)C(OC3CC(OC)C(OC4CC(OC)C(O)C(C)O4)C(C)O3)C(C)C=CC=C3COC4C(O)C(C)=CC(C(=O)O1)C34O)O2.CN(C)CCOC(=O)COc1ccc(Cl)cc1.Cl. The maximum atomic E-state index is 14.3. The van der Waals surface area contributed by atoms with Crippen LogP contribution < -0.4 is 4.74 Å². The number of rotatable bonds is 14. The van der Waals surface area contributed by atoms with Gasteiger partial charge in [0.2, 0.25) is 0 Å². The second kappa shape index (κ2) is 29.5. The van der Waals surface area contributed by atoms with Crippen LogP contribution in [0.1, 0.15) is 93.9 Å². The molecule has 6 aliphatic heterocycles. The van der Waals surface area contributed by atoms with Crippen LogP contribution in [0.4, 0.5) is 0 Å². The third kappa shape index (κ3) is 16.1. The van der Waals surface area contributed by atoms with Crippen molar-refractivity contribution in [1.82, 2.24) is 4.90 Å². The quantitative estimate of drug-likeness (QED) is 0.121. The van der Waals surface area contributed by atoms with E-state index in [-0.39, 0.29) is 67.7 Å². The van der Waals surface area contributed by atoms with Gasteiger partial charge in [-0.15, -0.1) is 12.4 Å². The molecule has 20 heteroatoms. The summed E-state index contributed by atoms with van der Waals surface area (Å²) >= 11 is 5.72. The summed E-state index contributed by atoms with van der Waals surface area (Å²) in [7, 11) is 7.05. The van der Waals surface area contributed by atoms with Crippen LogP contribution >= 0.6 is 24.0 Å². The number of ether oxygens (including phenoxy) is 12. The largest absolute Gasteiger partial charge is 0.482 e. The number of carbonyl (C=O) groups excluding carboxylic acids is 2. The van der Waals surface area contributed by atoms with Crippen molar-refractivity contribution in [2.45, 2.75) is 191 Å². The second-order valence-electron chi connectivity index (χ2n) is 22.7. The Morgan fingerprint density at radius 3 is 2.27 bits per heavy atom. The summed E-state index contributed by atoms with van der Waals surface area (Å²) in [4.78, 5) is 27.6. The van der Waals surface area contributed by atoms with Crippen LogP contribution in [0.15, 0.2) is 83.5 Å². The Kier molecular flexibility index (Phi) is 24.3. The molecule has 0 amide bonds. The number of methoxy groups -OCH3 is 2. The molecule has 2 bridgehead atoms. The lowest BCUT2D eigenvalue weighted by Gasteiger charge is -2.48. The van der Waals surface area contributed by atoms with Gasteiger partial charge in [0.25, 0.3) is 0 Å². The Bertz CT molecular complexity index is 2330. The number of nitrogens with zero attached hydrogens (tertiary/aromatic N) is 1. The van der Waals surface area contributed by atoms with Crippen molar-refractivity contribution < 1.29 is 81.8 Å². The molecule has 7 aliphatic rings. The maximum Gasteiger partial charge on any atom is 0.344 e. The van der Waals surface area contributed by atoms with E-state index in [2.05, 4.69) is 39.8 Å². The molecule has 20 unspecified atom stereocenters. The Labute approximate surface area is 484 Å². The molecule has 1 aliphatic carbocycles. The summed E-state index contributed by atoms with van der Waals surface area (Å²) in [6.45, 7) is 17.1. The number of aliphatic hydroxyl groups excluding tert-OH is 2. The highest BCUT2D eigenvalue weighted by molar-refractivity contribution is 6.30. The van der Waals surface area contributed by atoms with Gasteiger partial charge in [0.15, 0.2) is 25.0 Å². The van der Waals surface area contributed by atoms with Gasteiger partial charge in [0.1, 0.15) is 54.4 Å². The summed E-state index contributed by atoms with van der Waals surface area (Å²) in [5.41, 5.74) is 0.134. The number of hydrogen-bond donors (Lipinski definition) is 3. The Morgan fingerprint density at radius 2 is 1.59 bits per heavy atom. The van der Waals surface area contributed by atoms with Crippen molar-refractivity contribution >= 4 is 35.9 Å². The Morgan fingerprint density at radius 1 is 0.900 bits per heavy atom. The van der Waals surface area contributed by atoms with E-state index >= 15 is 0 Å². The van der Waals surface area contributed by atoms with Crippen LogP contribution in [0.2, 0.25) is 5.02 Å². The Hall–Kier alpha value is -3.28. The highest BCUT2D eigenvalue weighted by Gasteiger charge is 2.60. The molecule has 1 aromatic carbocycles. The summed E-state index contributed by atoms with van der Waals surface area (Å²) in [5.74, 6) is -2.34. The predicted octanol–water partition coefficient (Wildman–Crippen LogP) is 7.62. The third-order valence-electron chi connectivity index (χ3n) is 16.5. The van der Waals surface area contributed by atoms with Gasteiger partial charge in [0, 0.05) is 63.3 Å². The van der Waals surface area contributed by atoms with Crippen LogP contribution in [0.25, 0.3) is 0 Å². The van der Waals surface area contributed by atoms with Crippen molar-refractivity contribution in [3.63, 3.8) is 0 Å². The van der Waals surface area contributed by atoms with Gasteiger partial charge in [-0.25, -0.2) is 4.79 Å². The topological polar surface area (TPSA) is 209 Å². The maximum absolute atomic E-state index is 14.3. The second-order valence-corrected chi connectivity index (χ2v) is 23.2. The lowest BCUT2D eigenvalue weighted by Crippen LogP contribution is -2.58. The molecule has 0 radical (unpaired) electrons. The zero-order valence-corrected chi connectivity index (χ0v) is 50.2. The zero-order valence-electron chi connectivity index (χ0n) is 48.6. The van der Waals surface area contributed by atoms with Crippen molar-refractivity contribution in [3.8, 4) is 5.75 Å².